The summed E-state index contributed by atoms with van der Waals surface area (Å²) in [6.45, 7) is 5.90. The number of hydrogen-bond acceptors (Lipinski definition) is 3. The van der Waals surface area contributed by atoms with Gasteiger partial charge in [-0.2, -0.15) is 0 Å². The van der Waals surface area contributed by atoms with Crippen LogP contribution in [0.4, 0.5) is 5.69 Å². The first-order chi connectivity index (χ1) is 6.70. The fourth-order valence-corrected chi connectivity index (χ4v) is 1.70. The van der Waals surface area contributed by atoms with Crippen molar-refractivity contribution < 1.29 is 4.74 Å². The van der Waals surface area contributed by atoms with E-state index in [1.54, 1.807) is 0 Å². The second-order valence-corrected chi connectivity index (χ2v) is 4.18. The van der Waals surface area contributed by atoms with Gasteiger partial charge in [-0.15, -0.1) is 0 Å². The predicted molar refractivity (Wildman–Crippen MR) is 56.4 cm³/mol. The lowest BCUT2D eigenvalue weighted by molar-refractivity contribution is 0.185. The fourth-order valence-electron chi connectivity index (χ4n) is 1.70. The van der Waals surface area contributed by atoms with Crippen LogP contribution in [-0.4, -0.2) is 23.7 Å². The van der Waals surface area contributed by atoms with Gasteiger partial charge in [0.1, 0.15) is 0 Å². The van der Waals surface area contributed by atoms with Crippen LogP contribution in [0.25, 0.3) is 0 Å². The monoisotopic (exact) mass is 192 g/mol. The number of pyridine rings is 1. The summed E-state index contributed by atoms with van der Waals surface area (Å²) in [5, 5.41) is 3.52. The molecule has 0 bridgehead atoms. The van der Waals surface area contributed by atoms with Gasteiger partial charge in [-0.1, -0.05) is 0 Å². The van der Waals surface area contributed by atoms with Gasteiger partial charge < -0.3 is 10.1 Å². The molecular formula is C11H16N2O. The molecule has 1 fully saturated rings. The van der Waals surface area contributed by atoms with Crippen molar-refractivity contribution in [2.24, 2.45) is 0 Å². The van der Waals surface area contributed by atoms with E-state index in [0.29, 0.717) is 0 Å². The molecule has 1 saturated heterocycles. The van der Waals surface area contributed by atoms with Gasteiger partial charge in [-0.05, 0) is 31.9 Å². The van der Waals surface area contributed by atoms with Crippen LogP contribution in [0.2, 0.25) is 0 Å². The molecule has 3 nitrogen and oxygen atoms in total. The molecule has 0 saturated carbocycles. The molecular weight excluding hydrogens is 176 g/mol. The summed E-state index contributed by atoms with van der Waals surface area (Å²) in [5.74, 6) is 0. The lowest BCUT2D eigenvalue weighted by Crippen LogP contribution is -2.35. The molecule has 2 heterocycles. The maximum atomic E-state index is 5.39. The van der Waals surface area contributed by atoms with Crippen LogP contribution in [0.1, 0.15) is 18.9 Å². The number of nitrogens with one attached hydrogen (secondary N) is 1. The predicted octanol–water partition coefficient (Wildman–Crippen LogP) is 1.98. The van der Waals surface area contributed by atoms with E-state index in [-0.39, 0.29) is 5.54 Å². The summed E-state index contributed by atoms with van der Waals surface area (Å²) in [7, 11) is 0. The average molecular weight is 192 g/mol. The second kappa shape index (κ2) is 3.58. The molecule has 3 heteroatoms. The highest BCUT2D eigenvalue weighted by Gasteiger charge is 2.29. The van der Waals surface area contributed by atoms with Gasteiger partial charge in [0.2, 0.25) is 0 Å². The van der Waals surface area contributed by atoms with Crippen molar-refractivity contribution in [1.82, 2.24) is 4.98 Å². The maximum absolute atomic E-state index is 5.39. The molecule has 0 spiro atoms. The molecule has 1 atom stereocenters. The molecule has 1 unspecified atom stereocenters. The summed E-state index contributed by atoms with van der Waals surface area (Å²) in [5.41, 5.74) is 2.43. The number of anilines is 1. The van der Waals surface area contributed by atoms with Crippen LogP contribution in [0, 0.1) is 6.92 Å². The summed E-state index contributed by atoms with van der Waals surface area (Å²) in [4.78, 5) is 4.07. The first kappa shape index (κ1) is 9.46. The number of nitrogens with zero attached hydrogens (tertiary/aromatic N) is 1. The van der Waals surface area contributed by atoms with E-state index in [2.05, 4.69) is 24.1 Å². The highest BCUT2D eigenvalue weighted by molar-refractivity contribution is 5.50. The first-order valence-electron chi connectivity index (χ1n) is 4.96. The van der Waals surface area contributed by atoms with E-state index in [4.69, 9.17) is 4.74 Å². The molecule has 2 rings (SSSR count). The Hall–Kier alpha value is -1.09. The second-order valence-electron chi connectivity index (χ2n) is 4.18. The molecule has 1 aromatic heterocycles. The van der Waals surface area contributed by atoms with Crippen LogP contribution in [0.5, 0.6) is 0 Å². The van der Waals surface area contributed by atoms with E-state index >= 15 is 0 Å². The van der Waals surface area contributed by atoms with Crippen LogP contribution < -0.4 is 5.32 Å². The van der Waals surface area contributed by atoms with Crippen molar-refractivity contribution in [1.29, 1.82) is 0 Å². The standard InChI is InChI=1S/C11H16N2O/c1-9-7-12-5-3-10(9)13-11(2)4-6-14-8-11/h3,5,7H,4,6,8H2,1-2H3,(H,12,13). The molecule has 0 amide bonds. The van der Waals surface area contributed by atoms with Crippen LogP contribution in [0.15, 0.2) is 18.5 Å². The fraction of sp³-hybridized carbons (Fsp3) is 0.545. The number of rotatable bonds is 2. The third kappa shape index (κ3) is 1.87. The number of hydrogen-bond donors (Lipinski definition) is 1. The van der Waals surface area contributed by atoms with E-state index in [1.807, 2.05) is 18.5 Å². The van der Waals surface area contributed by atoms with Crippen molar-refractivity contribution in [2.45, 2.75) is 25.8 Å². The van der Waals surface area contributed by atoms with Gasteiger partial charge in [-0.25, -0.2) is 0 Å². The van der Waals surface area contributed by atoms with Crippen molar-refractivity contribution in [2.75, 3.05) is 18.5 Å². The lowest BCUT2D eigenvalue weighted by Gasteiger charge is -2.25. The van der Waals surface area contributed by atoms with E-state index in [0.717, 1.165) is 25.3 Å². The quantitative estimate of drug-likeness (QED) is 0.778. The highest BCUT2D eigenvalue weighted by atomic mass is 16.5. The van der Waals surface area contributed by atoms with Crippen molar-refractivity contribution in [3.63, 3.8) is 0 Å². The minimum atomic E-state index is 0.0894. The van der Waals surface area contributed by atoms with Crippen molar-refractivity contribution in [3.05, 3.63) is 24.0 Å². The zero-order chi connectivity index (χ0) is 10.0. The highest BCUT2D eigenvalue weighted by Crippen LogP contribution is 2.24. The Kier molecular flexibility index (Phi) is 2.42. The number of ether oxygens (including phenoxy) is 1. The van der Waals surface area contributed by atoms with Crippen LogP contribution >= 0.6 is 0 Å². The van der Waals surface area contributed by atoms with Gasteiger partial charge in [-0.3, -0.25) is 4.98 Å². The zero-order valence-corrected chi connectivity index (χ0v) is 8.71. The molecule has 14 heavy (non-hydrogen) atoms. The maximum Gasteiger partial charge on any atom is 0.0694 e. The van der Waals surface area contributed by atoms with Gasteiger partial charge in [0.15, 0.2) is 0 Å². The van der Waals surface area contributed by atoms with E-state index in [9.17, 15) is 0 Å². The minimum absolute atomic E-state index is 0.0894. The van der Waals surface area contributed by atoms with E-state index in [1.165, 1.54) is 5.56 Å². The van der Waals surface area contributed by atoms with E-state index < -0.39 is 0 Å². The molecule has 1 aliphatic heterocycles. The summed E-state index contributed by atoms with van der Waals surface area (Å²) in [6, 6.07) is 2.01. The Morgan fingerprint density at radius 2 is 2.43 bits per heavy atom. The van der Waals surface area contributed by atoms with Gasteiger partial charge in [0, 0.05) is 24.7 Å². The lowest BCUT2D eigenvalue weighted by atomic mass is 10.0. The van der Waals surface area contributed by atoms with Crippen LogP contribution in [-0.2, 0) is 4.74 Å². The largest absolute Gasteiger partial charge is 0.379 e. The third-order valence-corrected chi connectivity index (χ3v) is 2.68. The Labute approximate surface area is 84.5 Å². The minimum Gasteiger partial charge on any atom is -0.379 e. The summed E-state index contributed by atoms with van der Waals surface area (Å²) >= 11 is 0. The Morgan fingerprint density at radius 3 is 3.07 bits per heavy atom. The normalized spacial score (nSPS) is 26.4. The smallest absolute Gasteiger partial charge is 0.0694 e. The number of aryl methyl sites for hydroxylation is 1. The summed E-state index contributed by atoms with van der Waals surface area (Å²) < 4.78 is 5.39. The van der Waals surface area contributed by atoms with Gasteiger partial charge >= 0.3 is 0 Å². The molecule has 0 aromatic carbocycles. The van der Waals surface area contributed by atoms with Gasteiger partial charge in [0.25, 0.3) is 0 Å². The molecule has 0 radical (unpaired) electrons. The molecule has 76 valence electrons. The molecule has 0 aliphatic carbocycles. The Balaban J connectivity index is 2.14. The van der Waals surface area contributed by atoms with Crippen molar-refractivity contribution in [3.8, 4) is 0 Å². The van der Waals surface area contributed by atoms with Crippen LogP contribution in [0.3, 0.4) is 0 Å². The summed E-state index contributed by atoms with van der Waals surface area (Å²) in [6.07, 6.45) is 4.75. The topological polar surface area (TPSA) is 34.2 Å². The third-order valence-electron chi connectivity index (χ3n) is 2.68. The van der Waals surface area contributed by atoms with Crippen molar-refractivity contribution >= 4 is 5.69 Å². The molecule has 1 aromatic rings. The SMILES string of the molecule is Cc1cnccc1NC1(C)CCOC1. The first-order valence-corrected chi connectivity index (χ1v) is 4.96. The number of aromatic nitrogens is 1. The average Bonchev–Trinajstić information content (AvgIpc) is 2.57. The van der Waals surface area contributed by atoms with Gasteiger partial charge in [0.05, 0.1) is 12.1 Å². The molecule has 1 N–H and O–H groups in total. The zero-order valence-electron chi connectivity index (χ0n) is 8.71. The molecule has 1 aliphatic rings. The Morgan fingerprint density at radius 1 is 1.57 bits per heavy atom. The Bertz CT molecular complexity index is 319.